The fraction of sp³-hybridized carbons (Fsp3) is 0.875. The van der Waals surface area contributed by atoms with Gasteiger partial charge in [0.1, 0.15) is 0 Å². The first-order valence-corrected chi connectivity index (χ1v) is 8.43. The van der Waals surface area contributed by atoms with Crippen LogP contribution in [0, 0.1) is 0 Å². The summed E-state index contributed by atoms with van der Waals surface area (Å²) in [6.45, 7) is 3.44. The number of nitrogens with one attached hydrogen (secondary N) is 1. The van der Waals surface area contributed by atoms with Gasteiger partial charge in [-0.05, 0) is 32.1 Å². The Morgan fingerprint density at radius 3 is 2.38 bits per heavy atom. The lowest BCUT2D eigenvalue weighted by Gasteiger charge is -2.40. The predicted octanol–water partition coefficient (Wildman–Crippen LogP) is 1.56. The van der Waals surface area contributed by atoms with Gasteiger partial charge in [-0.15, -0.1) is 0 Å². The Hall–Kier alpha value is -1.10. The summed E-state index contributed by atoms with van der Waals surface area (Å²) in [5.41, 5.74) is 5.70. The number of nitrogens with zero attached hydrogens (tertiary/aromatic N) is 1. The lowest BCUT2D eigenvalue weighted by Crippen LogP contribution is -2.58. The average Bonchev–Trinajstić information content (AvgIpc) is 2.48. The predicted molar refractivity (Wildman–Crippen MR) is 82.7 cm³/mol. The molecule has 0 atom stereocenters. The van der Waals surface area contributed by atoms with Crippen molar-refractivity contribution in [1.29, 1.82) is 0 Å². The van der Waals surface area contributed by atoms with Crippen molar-refractivity contribution in [3.8, 4) is 0 Å². The molecular formula is C16H29N3O2. The number of amides is 2. The second-order valence-electron chi connectivity index (χ2n) is 6.60. The van der Waals surface area contributed by atoms with Gasteiger partial charge < -0.3 is 16.0 Å². The lowest BCUT2D eigenvalue weighted by atomic mass is 9.81. The van der Waals surface area contributed by atoms with Crippen LogP contribution in [-0.4, -0.2) is 41.4 Å². The van der Waals surface area contributed by atoms with Gasteiger partial charge in [-0.3, -0.25) is 9.59 Å². The van der Waals surface area contributed by atoms with Crippen LogP contribution in [0.25, 0.3) is 0 Å². The number of hydrogen-bond acceptors (Lipinski definition) is 3. The van der Waals surface area contributed by atoms with Gasteiger partial charge in [-0.1, -0.05) is 26.2 Å². The molecule has 0 unspecified atom stereocenters. The van der Waals surface area contributed by atoms with Crippen molar-refractivity contribution in [3.63, 3.8) is 0 Å². The molecule has 0 aromatic heterocycles. The minimum atomic E-state index is -0.628. The summed E-state index contributed by atoms with van der Waals surface area (Å²) in [4.78, 5) is 26.1. The summed E-state index contributed by atoms with van der Waals surface area (Å²) in [6.07, 6.45) is 8.10. The zero-order valence-electron chi connectivity index (χ0n) is 13.2. The van der Waals surface area contributed by atoms with Gasteiger partial charge in [0.05, 0.1) is 5.54 Å². The summed E-state index contributed by atoms with van der Waals surface area (Å²) < 4.78 is 0. The number of nitrogens with two attached hydrogens (primary N) is 1. The molecule has 1 aliphatic carbocycles. The zero-order chi connectivity index (χ0) is 15.3. The molecule has 0 bridgehead atoms. The normalized spacial score (nSPS) is 22.9. The molecule has 21 heavy (non-hydrogen) atoms. The maximum atomic E-state index is 12.6. The molecule has 0 aromatic rings. The first-order valence-electron chi connectivity index (χ1n) is 8.43. The van der Waals surface area contributed by atoms with Crippen LogP contribution >= 0.6 is 0 Å². The van der Waals surface area contributed by atoms with E-state index in [0.29, 0.717) is 6.42 Å². The van der Waals surface area contributed by atoms with Crippen LogP contribution in [0.15, 0.2) is 0 Å². The molecule has 1 aliphatic heterocycles. The quantitative estimate of drug-likeness (QED) is 0.826. The number of hydrogen-bond donors (Lipinski definition) is 2. The van der Waals surface area contributed by atoms with E-state index in [4.69, 9.17) is 5.73 Å². The first kappa shape index (κ1) is 16.3. The van der Waals surface area contributed by atoms with Crippen LogP contribution < -0.4 is 11.1 Å². The molecule has 2 aliphatic rings. The molecule has 5 nitrogen and oxygen atoms in total. The Bertz CT molecular complexity index is 370. The maximum absolute atomic E-state index is 12.6. The third-order valence-electron chi connectivity index (χ3n) is 4.80. The van der Waals surface area contributed by atoms with Crippen molar-refractivity contribution >= 4 is 11.8 Å². The van der Waals surface area contributed by atoms with Gasteiger partial charge in [-0.2, -0.15) is 0 Å². The largest absolute Gasteiger partial charge is 0.353 e. The van der Waals surface area contributed by atoms with Gasteiger partial charge in [0.2, 0.25) is 11.8 Å². The highest BCUT2D eigenvalue weighted by Crippen LogP contribution is 2.28. The Morgan fingerprint density at radius 2 is 1.81 bits per heavy atom. The van der Waals surface area contributed by atoms with E-state index in [-0.39, 0.29) is 17.9 Å². The summed E-state index contributed by atoms with van der Waals surface area (Å²) in [5, 5.41) is 3.06. The van der Waals surface area contributed by atoms with Gasteiger partial charge in [-0.25, -0.2) is 0 Å². The molecule has 0 spiro atoms. The van der Waals surface area contributed by atoms with Gasteiger partial charge >= 0.3 is 0 Å². The second kappa shape index (κ2) is 7.25. The van der Waals surface area contributed by atoms with Crippen molar-refractivity contribution in [3.05, 3.63) is 0 Å². The lowest BCUT2D eigenvalue weighted by molar-refractivity contribution is -0.139. The maximum Gasteiger partial charge on any atom is 0.242 e. The van der Waals surface area contributed by atoms with Crippen LogP contribution in [0.2, 0.25) is 0 Å². The summed E-state index contributed by atoms with van der Waals surface area (Å²) in [7, 11) is 0. The highest BCUT2D eigenvalue weighted by Gasteiger charge is 2.39. The van der Waals surface area contributed by atoms with E-state index < -0.39 is 5.54 Å². The molecule has 1 saturated heterocycles. The van der Waals surface area contributed by atoms with Gasteiger partial charge in [0.15, 0.2) is 0 Å². The molecule has 2 amide bonds. The number of carbonyl (C=O) groups excluding carboxylic acids is 2. The summed E-state index contributed by atoms with van der Waals surface area (Å²) >= 11 is 0. The Kier molecular flexibility index (Phi) is 5.62. The van der Waals surface area contributed by atoms with E-state index >= 15 is 0 Å². The van der Waals surface area contributed by atoms with E-state index in [1.165, 1.54) is 6.42 Å². The standard InChI is InChI=1S/C16H29N3O2/c1-2-6-14(20)18-13-7-11-19(12-8-13)15(21)16(17)9-4-3-5-10-16/h13H,2-12,17H2,1H3,(H,18,20). The third kappa shape index (κ3) is 4.19. The Labute approximate surface area is 127 Å². The van der Waals surface area contributed by atoms with Crippen LogP contribution in [0.4, 0.5) is 0 Å². The minimum absolute atomic E-state index is 0.125. The SMILES string of the molecule is CCCC(=O)NC1CCN(C(=O)C2(N)CCCCC2)CC1. The topological polar surface area (TPSA) is 75.4 Å². The Morgan fingerprint density at radius 1 is 1.19 bits per heavy atom. The molecule has 2 fully saturated rings. The second-order valence-corrected chi connectivity index (χ2v) is 6.60. The Balaban J connectivity index is 1.80. The van der Waals surface area contributed by atoms with Gasteiger partial charge in [0.25, 0.3) is 0 Å². The molecular weight excluding hydrogens is 266 g/mol. The van der Waals surface area contributed by atoms with Crippen LogP contribution in [0.3, 0.4) is 0 Å². The number of rotatable bonds is 4. The van der Waals surface area contributed by atoms with Crippen LogP contribution in [0.5, 0.6) is 0 Å². The molecule has 0 radical (unpaired) electrons. The first-order chi connectivity index (χ1) is 10.0. The molecule has 120 valence electrons. The number of piperidine rings is 1. The highest BCUT2D eigenvalue weighted by atomic mass is 16.2. The van der Waals surface area contributed by atoms with Crippen molar-refractivity contribution < 1.29 is 9.59 Å². The van der Waals surface area contributed by atoms with E-state index in [0.717, 1.165) is 58.0 Å². The molecule has 0 aromatic carbocycles. The van der Waals surface area contributed by atoms with Crippen LogP contribution in [-0.2, 0) is 9.59 Å². The highest BCUT2D eigenvalue weighted by molar-refractivity contribution is 5.86. The van der Waals surface area contributed by atoms with Crippen molar-refractivity contribution in [2.24, 2.45) is 5.73 Å². The van der Waals surface area contributed by atoms with E-state index in [1.807, 2.05) is 11.8 Å². The third-order valence-corrected chi connectivity index (χ3v) is 4.80. The van der Waals surface area contributed by atoms with E-state index in [1.54, 1.807) is 0 Å². The van der Waals surface area contributed by atoms with E-state index in [9.17, 15) is 9.59 Å². The van der Waals surface area contributed by atoms with Crippen LogP contribution in [0.1, 0.15) is 64.7 Å². The molecule has 1 saturated carbocycles. The fourth-order valence-corrected chi connectivity index (χ4v) is 3.47. The van der Waals surface area contributed by atoms with Crippen molar-refractivity contribution in [2.75, 3.05) is 13.1 Å². The molecule has 3 N–H and O–H groups in total. The monoisotopic (exact) mass is 295 g/mol. The smallest absolute Gasteiger partial charge is 0.242 e. The summed E-state index contributed by atoms with van der Waals surface area (Å²) in [6, 6.07) is 0.216. The molecule has 5 heteroatoms. The fourth-order valence-electron chi connectivity index (χ4n) is 3.47. The zero-order valence-corrected chi connectivity index (χ0v) is 13.2. The van der Waals surface area contributed by atoms with Gasteiger partial charge in [0, 0.05) is 25.6 Å². The average molecular weight is 295 g/mol. The number of carbonyl (C=O) groups is 2. The summed E-state index contributed by atoms with van der Waals surface area (Å²) in [5.74, 6) is 0.255. The van der Waals surface area contributed by atoms with Crippen molar-refractivity contribution in [2.45, 2.75) is 76.3 Å². The number of likely N-dealkylation sites (tertiary alicyclic amines) is 1. The van der Waals surface area contributed by atoms with E-state index in [2.05, 4.69) is 5.32 Å². The molecule has 2 rings (SSSR count). The minimum Gasteiger partial charge on any atom is -0.353 e. The van der Waals surface area contributed by atoms with Crippen molar-refractivity contribution in [1.82, 2.24) is 10.2 Å². The molecule has 1 heterocycles.